The van der Waals surface area contributed by atoms with Crippen molar-refractivity contribution in [3.05, 3.63) is 0 Å². The van der Waals surface area contributed by atoms with E-state index in [9.17, 15) is 4.79 Å². The predicted octanol–water partition coefficient (Wildman–Crippen LogP) is 1.83. The highest BCUT2D eigenvalue weighted by molar-refractivity contribution is 8.01. The Kier molecular flexibility index (Phi) is 6.28. The second-order valence-corrected chi connectivity index (χ2v) is 6.14. The van der Waals surface area contributed by atoms with Crippen LogP contribution < -0.4 is 10.6 Å². The minimum atomic E-state index is 0.0526. The molecule has 0 saturated heterocycles. The van der Waals surface area contributed by atoms with Gasteiger partial charge >= 0.3 is 0 Å². The highest BCUT2D eigenvalue weighted by atomic mass is 32.2. The van der Waals surface area contributed by atoms with Gasteiger partial charge in [-0.15, -0.1) is 10.2 Å². The summed E-state index contributed by atoms with van der Waals surface area (Å²) < 4.78 is 0.813. The molecule has 0 spiro atoms. The van der Waals surface area contributed by atoms with Crippen LogP contribution in [0.3, 0.4) is 0 Å². The summed E-state index contributed by atoms with van der Waals surface area (Å²) >= 11 is 2.87. The lowest BCUT2D eigenvalue weighted by Crippen LogP contribution is -2.26. The van der Waals surface area contributed by atoms with Crippen LogP contribution in [0.15, 0.2) is 4.34 Å². The van der Waals surface area contributed by atoms with Gasteiger partial charge in [-0.05, 0) is 12.3 Å². The van der Waals surface area contributed by atoms with E-state index in [0.717, 1.165) is 22.4 Å². The molecule has 0 aliphatic carbocycles. The number of carbonyl (C=O) groups excluding carboxylic acids is 1. The Morgan fingerprint density at radius 3 is 2.82 bits per heavy atom. The summed E-state index contributed by atoms with van der Waals surface area (Å²) in [6.07, 6.45) is 1.01. The number of carbonyl (C=O) groups is 1. The third kappa shape index (κ3) is 5.88. The van der Waals surface area contributed by atoms with Crippen LogP contribution in [0, 0.1) is 5.92 Å². The first-order valence-electron chi connectivity index (χ1n) is 5.52. The molecule has 1 aromatic heterocycles. The van der Waals surface area contributed by atoms with Crippen molar-refractivity contribution in [3.63, 3.8) is 0 Å². The molecule has 17 heavy (non-hydrogen) atoms. The predicted molar refractivity (Wildman–Crippen MR) is 72.6 cm³/mol. The van der Waals surface area contributed by atoms with E-state index in [1.807, 2.05) is 0 Å². The van der Waals surface area contributed by atoms with Crippen molar-refractivity contribution in [1.82, 2.24) is 15.5 Å². The van der Waals surface area contributed by atoms with Gasteiger partial charge in [-0.2, -0.15) is 0 Å². The first-order valence-corrected chi connectivity index (χ1v) is 7.32. The van der Waals surface area contributed by atoms with Crippen molar-refractivity contribution in [2.45, 2.75) is 24.6 Å². The normalized spacial score (nSPS) is 10.6. The Balaban J connectivity index is 2.19. The van der Waals surface area contributed by atoms with E-state index in [4.69, 9.17) is 0 Å². The molecule has 0 bridgehead atoms. The van der Waals surface area contributed by atoms with Crippen LogP contribution in [0.4, 0.5) is 5.13 Å². The molecular formula is C10H18N4OS2. The molecule has 0 saturated carbocycles. The maximum atomic E-state index is 11.5. The number of hydrogen-bond acceptors (Lipinski definition) is 6. The van der Waals surface area contributed by atoms with E-state index < -0.39 is 0 Å². The zero-order valence-electron chi connectivity index (χ0n) is 10.3. The SMILES string of the molecule is CNc1nnc(SCC(=O)NCCC(C)C)s1. The quantitative estimate of drug-likeness (QED) is 0.743. The third-order valence-corrected chi connectivity index (χ3v) is 4.06. The van der Waals surface area contributed by atoms with E-state index in [1.165, 1.54) is 23.1 Å². The molecule has 0 fully saturated rings. The second-order valence-electron chi connectivity index (χ2n) is 3.94. The molecule has 96 valence electrons. The van der Waals surface area contributed by atoms with Crippen LogP contribution in [0.1, 0.15) is 20.3 Å². The summed E-state index contributed by atoms with van der Waals surface area (Å²) in [7, 11) is 1.80. The molecule has 0 atom stereocenters. The fraction of sp³-hybridized carbons (Fsp3) is 0.700. The van der Waals surface area contributed by atoms with Crippen LogP contribution in [0.2, 0.25) is 0 Å². The molecule has 1 amide bonds. The van der Waals surface area contributed by atoms with Crippen LogP contribution >= 0.6 is 23.1 Å². The molecule has 2 N–H and O–H groups in total. The largest absolute Gasteiger partial charge is 0.363 e. The minimum absolute atomic E-state index is 0.0526. The highest BCUT2D eigenvalue weighted by Gasteiger charge is 2.07. The van der Waals surface area contributed by atoms with Crippen LogP contribution in [0.5, 0.6) is 0 Å². The maximum absolute atomic E-state index is 11.5. The van der Waals surface area contributed by atoms with Gasteiger partial charge in [0.05, 0.1) is 5.75 Å². The number of amides is 1. The molecule has 0 aliphatic heterocycles. The Morgan fingerprint density at radius 2 is 2.24 bits per heavy atom. The average Bonchev–Trinajstić information content (AvgIpc) is 2.73. The minimum Gasteiger partial charge on any atom is -0.363 e. The lowest BCUT2D eigenvalue weighted by Gasteiger charge is -2.05. The maximum Gasteiger partial charge on any atom is 0.230 e. The Bertz CT molecular complexity index is 354. The van der Waals surface area contributed by atoms with Crippen molar-refractivity contribution in [3.8, 4) is 0 Å². The molecule has 1 aromatic rings. The summed E-state index contributed by atoms with van der Waals surface area (Å²) in [6.45, 7) is 5.03. The molecule has 0 radical (unpaired) electrons. The number of nitrogens with zero attached hydrogens (tertiary/aromatic N) is 2. The summed E-state index contributed by atoms with van der Waals surface area (Å²) in [4.78, 5) is 11.5. The van der Waals surface area contributed by atoms with E-state index >= 15 is 0 Å². The Morgan fingerprint density at radius 1 is 1.47 bits per heavy atom. The summed E-state index contributed by atoms with van der Waals surface area (Å²) in [5.74, 6) is 1.07. The summed E-state index contributed by atoms with van der Waals surface area (Å²) in [6, 6.07) is 0. The lowest BCUT2D eigenvalue weighted by molar-refractivity contribution is -0.118. The van der Waals surface area contributed by atoms with Crippen LogP contribution in [0.25, 0.3) is 0 Å². The molecule has 5 nitrogen and oxygen atoms in total. The fourth-order valence-corrected chi connectivity index (χ4v) is 2.58. The topological polar surface area (TPSA) is 66.9 Å². The Labute approximate surface area is 110 Å². The summed E-state index contributed by atoms with van der Waals surface area (Å²) in [5.41, 5.74) is 0. The van der Waals surface area contributed by atoms with Crippen molar-refractivity contribution in [1.29, 1.82) is 0 Å². The fourth-order valence-electron chi connectivity index (χ4n) is 1.05. The van der Waals surface area contributed by atoms with Crippen molar-refractivity contribution < 1.29 is 4.79 Å². The standard InChI is InChI=1S/C10H18N4OS2/c1-7(2)4-5-12-8(15)6-16-10-14-13-9(11-3)17-10/h7H,4-6H2,1-3H3,(H,11,13)(H,12,15). The van der Waals surface area contributed by atoms with Gasteiger partial charge in [0.2, 0.25) is 11.0 Å². The third-order valence-electron chi connectivity index (χ3n) is 1.99. The number of anilines is 1. The van der Waals surface area contributed by atoms with E-state index in [2.05, 4.69) is 34.7 Å². The molecule has 1 rings (SSSR count). The molecule has 0 aliphatic rings. The number of hydrogen-bond donors (Lipinski definition) is 2. The van der Waals surface area contributed by atoms with Crippen molar-refractivity contribution >= 4 is 34.1 Å². The zero-order chi connectivity index (χ0) is 12.7. The van der Waals surface area contributed by atoms with E-state index in [0.29, 0.717) is 11.7 Å². The average molecular weight is 274 g/mol. The van der Waals surface area contributed by atoms with Gasteiger partial charge in [-0.1, -0.05) is 36.9 Å². The molecule has 0 aromatic carbocycles. The van der Waals surface area contributed by atoms with Crippen LogP contribution in [-0.4, -0.2) is 35.4 Å². The highest BCUT2D eigenvalue weighted by Crippen LogP contribution is 2.24. The van der Waals surface area contributed by atoms with Gasteiger partial charge in [0, 0.05) is 13.6 Å². The van der Waals surface area contributed by atoms with E-state index in [1.54, 1.807) is 7.05 Å². The van der Waals surface area contributed by atoms with Gasteiger partial charge in [-0.3, -0.25) is 4.79 Å². The number of aromatic nitrogens is 2. The van der Waals surface area contributed by atoms with Crippen molar-refractivity contribution in [2.24, 2.45) is 5.92 Å². The second kappa shape index (κ2) is 7.50. The van der Waals surface area contributed by atoms with Gasteiger partial charge in [-0.25, -0.2) is 0 Å². The first kappa shape index (κ1) is 14.2. The number of nitrogens with one attached hydrogen (secondary N) is 2. The molecule has 7 heteroatoms. The van der Waals surface area contributed by atoms with Gasteiger partial charge < -0.3 is 10.6 Å². The first-order chi connectivity index (χ1) is 8.11. The van der Waals surface area contributed by atoms with Gasteiger partial charge in [0.15, 0.2) is 4.34 Å². The number of thioether (sulfide) groups is 1. The monoisotopic (exact) mass is 274 g/mol. The molecule has 0 unspecified atom stereocenters. The lowest BCUT2D eigenvalue weighted by atomic mass is 10.1. The van der Waals surface area contributed by atoms with Crippen LogP contribution in [-0.2, 0) is 4.79 Å². The number of rotatable bonds is 7. The smallest absolute Gasteiger partial charge is 0.230 e. The zero-order valence-corrected chi connectivity index (χ0v) is 12.0. The van der Waals surface area contributed by atoms with Gasteiger partial charge in [0.1, 0.15) is 0 Å². The summed E-state index contributed by atoms with van der Waals surface area (Å²) in [5, 5.41) is 14.4. The Hall–Kier alpha value is -0.820. The molecular weight excluding hydrogens is 256 g/mol. The van der Waals surface area contributed by atoms with Crippen molar-refractivity contribution in [2.75, 3.05) is 24.7 Å². The van der Waals surface area contributed by atoms with E-state index in [-0.39, 0.29) is 5.91 Å². The molecule has 1 heterocycles. The van der Waals surface area contributed by atoms with Gasteiger partial charge in [0.25, 0.3) is 0 Å².